The smallest absolute Gasteiger partial charge is 0.335 e. The van der Waals surface area contributed by atoms with Gasteiger partial charge in [-0.25, -0.2) is 4.79 Å². The number of carbonyl (C=O) groups is 1. The zero-order chi connectivity index (χ0) is 13.7. The zero-order valence-corrected chi connectivity index (χ0v) is 11.0. The van der Waals surface area contributed by atoms with Crippen molar-refractivity contribution in [2.24, 2.45) is 0 Å². The van der Waals surface area contributed by atoms with Gasteiger partial charge in [0.25, 0.3) is 0 Å². The molecule has 1 aromatic heterocycles. The van der Waals surface area contributed by atoms with Crippen molar-refractivity contribution >= 4 is 16.9 Å². The van der Waals surface area contributed by atoms with Crippen molar-refractivity contribution in [2.45, 2.75) is 20.8 Å². The lowest BCUT2D eigenvalue weighted by Crippen LogP contribution is -1.99. The molecule has 2 rings (SSSR count). The molecule has 4 heteroatoms. The average Bonchev–Trinajstić information content (AvgIpc) is 2.40. The highest BCUT2D eigenvalue weighted by Gasteiger charge is 2.11. The summed E-state index contributed by atoms with van der Waals surface area (Å²) in [6.45, 7) is 5.91. The lowest BCUT2D eigenvalue weighted by atomic mass is 10.1. The van der Waals surface area contributed by atoms with Crippen molar-refractivity contribution < 1.29 is 14.6 Å². The first kappa shape index (κ1) is 14.0. The van der Waals surface area contributed by atoms with Gasteiger partial charge in [0.1, 0.15) is 11.3 Å². The predicted molar refractivity (Wildman–Crippen MR) is 71.3 cm³/mol. The summed E-state index contributed by atoms with van der Waals surface area (Å²) in [6.07, 6.45) is 1.68. The van der Waals surface area contributed by atoms with Gasteiger partial charge < -0.3 is 9.84 Å². The van der Waals surface area contributed by atoms with Crippen LogP contribution in [0.5, 0.6) is 5.75 Å². The first-order valence-corrected chi connectivity index (χ1v) is 5.80. The van der Waals surface area contributed by atoms with Crippen LogP contribution in [0.2, 0.25) is 0 Å². The number of aryl methyl sites for hydroxylation is 1. The van der Waals surface area contributed by atoms with Crippen LogP contribution in [0, 0.1) is 6.92 Å². The third kappa shape index (κ3) is 2.59. The number of carboxylic acid groups (broad SMARTS) is 1. The van der Waals surface area contributed by atoms with Crippen LogP contribution in [-0.2, 0) is 0 Å². The first-order valence-electron chi connectivity index (χ1n) is 5.80. The normalized spacial score (nSPS) is 9.56. The predicted octanol–water partition coefficient (Wildman–Crippen LogP) is 3.28. The van der Waals surface area contributed by atoms with Crippen LogP contribution in [0.3, 0.4) is 0 Å². The second-order valence-corrected chi connectivity index (χ2v) is 3.51. The van der Waals surface area contributed by atoms with Crippen molar-refractivity contribution in [3.05, 3.63) is 35.5 Å². The Morgan fingerprint density at radius 2 is 2.00 bits per heavy atom. The van der Waals surface area contributed by atoms with E-state index in [2.05, 4.69) is 4.98 Å². The molecule has 0 amide bonds. The molecule has 0 unspecified atom stereocenters. The number of hydrogen-bond acceptors (Lipinski definition) is 3. The number of aromatic nitrogens is 1. The van der Waals surface area contributed by atoms with Crippen LogP contribution in [0.25, 0.3) is 10.9 Å². The summed E-state index contributed by atoms with van der Waals surface area (Å²) < 4.78 is 5.15. The molecule has 0 saturated heterocycles. The Morgan fingerprint density at radius 1 is 1.33 bits per heavy atom. The molecular formula is C14H17NO3. The van der Waals surface area contributed by atoms with Gasteiger partial charge in [-0.2, -0.15) is 0 Å². The van der Waals surface area contributed by atoms with E-state index in [1.807, 2.05) is 26.8 Å². The van der Waals surface area contributed by atoms with Crippen LogP contribution in [0.1, 0.15) is 29.8 Å². The topological polar surface area (TPSA) is 59.4 Å². The van der Waals surface area contributed by atoms with E-state index in [9.17, 15) is 4.79 Å². The fourth-order valence-electron chi connectivity index (χ4n) is 1.63. The highest BCUT2D eigenvalue weighted by Crippen LogP contribution is 2.27. The van der Waals surface area contributed by atoms with E-state index in [1.165, 1.54) is 13.2 Å². The minimum atomic E-state index is -0.969. The molecule has 96 valence electrons. The molecule has 0 spiro atoms. The van der Waals surface area contributed by atoms with Gasteiger partial charge in [-0.3, -0.25) is 4.98 Å². The molecule has 0 saturated carbocycles. The maximum atomic E-state index is 10.9. The molecule has 1 heterocycles. The highest BCUT2D eigenvalue weighted by molar-refractivity contribution is 5.97. The Hall–Kier alpha value is -2.10. The second kappa shape index (κ2) is 6.00. The molecule has 0 bridgehead atoms. The van der Waals surface area contributed by atoms with Gasteiger partial charge in [0.05, 0.1) is 12.7 Å². The maximum Gasteiger partial charge on any atom is 0.335 e. The van der Waals surface area contributed by atoms with Gasteiger partial charge in [-0.05, 0) is 30.7 Å². The number of benzene rings is 1. The standard InChI is InChI=1S/C12H11NO3.C2H6/c1-7-3-4-13-11-9(7)5-8(12(14)15)6-10(11)16-2;1-2/h3-6H,1-2H3,(H,14,15);1-2H3. The SMILES string of the molecule is CC.COc1cc(C(=O)O)cc2c(C)ccnc12. The van der Waals surface area contributed by atoms with Gasteiger partial charge in [-0.15, -0.1) is 0 Å². The number of aromatic carboxylic acids is 1. The number of rotatable bonds is 2. The Bertz CT molecular complexity index is 564. The van der Waals surface area contributed by atoms with Gasteiger partial charge in [0.15, 0.2) is 0 Å². The van der Waals surface area contributed by atoms with E-state index in [-0.39, 0.29) is 5.56 Å². The summed E-state index contributed by atoms with van der Waals surface area (Å²) in [7, 11) is 1.50. The van der Waals surface area contributed by atoms with E-state index in [4.69, 9.17) is 9.84 Å². The Kier molecular flexibility index (Phi) is 4.66. The van der Waals surface area contributed by atoms with Gasteiger partial charge in [0, 0.05) is 11.6 Å². The average molecular weight is 247 g/mol. The molecule has 0 fully saturated rings. The zero-order valence-electron chi connectivity index (χ0n) is 11.0. The van der Waals surface area contributed by atoms with Crippen molar-refractivity contribution in [3.63, 3.8) is 0 Å². The Balaban J connectivity index is 0.000000771. The number of ether oxygens (including phenoxy) is 1. The highest BCUT2D eigenvalue weighted by atomic mass is 16.5. The van der Waals surface area contributed by atoms with Crippen LogP contribution in [0.4, 0.5) is 0 Å². The summed E-state index contributed by atoms with van der Waals surface area (Å²) in [4.78, 5) is 15.1. The number of hydrogen-bond donors (Lipinski definition) is 1. The van der Waals surface area contributed by atoms with E-state index >= 15 is 0 Å². The van der Waals surface area contributed by atoms with Gasteiger partial charge >= 0.3 is 5.97 Å². The maximum absolute atomic E-state index is 10.9. The number of fused-ring (bicyclic) bond motifs is 1. The molecule has 4 nitrogen and oxygen atoms in total. The Labute approximate surface area is 106 Å². The van der Waals surface area contributed by atoms with Crippen molar-refractivity contribution in [3.8, 4) is 5.75 Å². The lowest BCUT2D eigenvalue weighted by Gasteiger charge is -2.07. The number of pyridine rings is 1. The number of nitrogens with zero attached hydrogens (tertiary/aromatic N) is 1. The minimum Gasteiger partial charge on any atom is -0.494 e. The van der Waals surface area contributed by atoms with Crippen molar-refractivity contribution in [1.29, 1.82) is 0 Å². The quantitative estimate of drug-likeness (QED) is 0.884. The molecule has 0 radical (unpaired) electrons. The summed E-state index contributed by atoms with van der Waals surface area (Å²) in [5, 5.41) is 9.78. The molecule has 18 heavy (non-hydrogen) atoms. The van der Waals surface area contributed by atoms with E-state index in [0.717, 1.165) is 10.9 Å². The van der Waals surface area contributed by atoms with E-state index < -0.39 is 5.97 Å². The van der Waals surface area contributed by atoms with Crippen LogP contribution >= 0.6 is 0 Å². The third-order valence-corrected chi connectivity index (χ3v) is 2.49. The summed E-state index contributed by atoms with van der Waals surface area (Å²) in [5.74, 6) is -0.484. The summed E-state index contributed by atoms with van der Waals surface area (Å²) in [6, 6.07) is 4.94. The molecule has 1 N–H and O–H groups in total. The largest absolute Gasteiger partial charge is 0.494 e. The molecule has 0 aliphatic heterocycles. The molecular weight excluding hydrogens is 230 g/mol. The summed E-state index contributed by atoms with van der Waals surface area (Å²) in [5.41, 5.74) is 1.87. The molecule has 0 aliphatic rings. The van der Waals surface area contributed by atoms with Crippen LogP contribution < -0.4 is 4.74 Å². The molecule has 1 aromatic carbocycles. The number of methoxy groups -OCH3 is 1. The third-order valence-electron chi connectivity index (χ3n) is 2.49. The van der Waals surface area contributed by atoms with E-state index in [1.54, 1.807) is 12.3 Å². The lowest BCUT2D eigenvalue weighted by molar-refractivity contribution is 0.0696. The molecule has 2 aromatic rings. The van der Waals surface area contributed by atoms with Gasteiger partial charge in [-0.1, -0.05) is 13.8 Å². The fourth-order valence-corrected chi connectivity index (χ4v) is 1.63. The van der Waals surface area contributed by atoms with Gasteiger partial charge in [0.2, 0.25) is 0 Å². The van der Waals surface area contributed by atoms with Crippen molar-refractivity contribution in [2.75, 3.05) is 7.11 Å². The first-order chi connectivity index (χ1) is 8.63. The Morgan fingerprint density at radius 3 is 2.56 bits per heavy atom. The van der Waals surface area contributed by atoms with Crippen molar-refractivity contribution in [1.82, 2.24) is 4.98 Å². The molecule has 0 atom stereocenters. The second-order valence-electron chi connectivity index (χ2n) is 3.51. The van der Waals surface area contributed by atoms with Crippen LogP contribution in [0.15, 0.2) is 24.4 Å². The fraction of sp³-hybridized carbons (Fsp3) is 0.286. The van der Waals surface area contributed by atoms with Crippen LogP contribution in [-0.4, -0.2) is 23.2 Å². The summed E-state index contributed by atoms with van der Waals surface area (Å²) >= 11 is 0. The number of carboxylic acids is 1. The van der Waals surface area contributed by atoms with E-state index in [0.29, 0.717) is 11.3 Å². The monoisotopic (exact) mass is 247 g/mol. The minimum absolute atomic E-state index is 0.209. The molecule has 0 aliphatic carbocycles.